The molecule has 0 fully saturated rings. The minimum Gasteiger partial charge on any atom is -0.497 e. The molecule has 2 N–H and O–H groups in total. The maximum atomic E-state index is 12.6. The van der Waals surface area contributed by atoms with Crippen molar-refractivity contribution >= 4 is 29.3 Å². The van der Waals surface area contributed by atoms with E-state index >= 15 is 0 Å². The van der Waals surface area contributed by atoms with E-state index in [1.165, 1.54) is 6.08 Å². The molecule has 0 atom stereocenters. The van der Waals surface area contributed by atoms with Gasteiger partial charge in [-0.05, 0) is 80.4 Å². The summed E-state index contributed by atoms with van der Waals surface area (Å²) in [6.07, 6.45) is 1.46. The van der Waals surface area contributed by atoms with Crippen molar-refractivity contribution in [1.29, 1.82) is 5.26 Å². The molecule has 0 spiro atoms. The summed E-state index contributed by atoms with van der Waals surface area (Å²) >= 11 is 0. The van der Waals surface area contributed by atoms with Crippen molar-refractivity contribution in [3.05, 3.63) is 82.9 Å². The number of methoxy groups -OCH3 is 1. The number of nitrogens with one attached hydrogen (secondary N) is 2. The monoisotopic (exact) mass is 499 g/mol. The first-order chi connectivity index (χ1) is 17.8. The van der Waals surface area contributed by atoms with Crippen molar-refractivity contribution in [2.75, 3.05) is 31.0 Å². The molecule has 0 aliphatic carbocycles. The first-order valence-corrected chi connectivity index (χ1v) is 11.7. The van der Waals surface area contributed by atoms with Crippen LogP contribution in [0.4, 0.5) is 11.4 Å². The number of carbonyl (C=O) groups excluding carboxylic acids is 2. The Morgan fingerprint density at radius 1 is 0.946 bits per heavy atom. The number of hydrogen-bond acceptors (Lipinski definition) is 6. The largest absolute Gasteiger partial charge is 0.497 e. The lowest BCUT2D eigenvalue weighted by atomic mass is 10.1. The summed E-state index contributed by atoms with van der Waals surface area (Å²) in [5, 5.41) is 15.1. The number of anilines is 2. The number of nitriles is 1. The van der Waals surface area contributed by atoms with Gasteiger partial charge in [-0.15, -0.1) is 0 Å². The van der Waals surface area contributed by atoms with Gasteiger partial charge in [0, 0.05) is 11.4 Å². The molecule has 0 unspecified atom stereocenters. The fourth-order valence-electron chi connectivity index (χ4n) is 3.47. The molecule has 0 radical (unpaired) electrons. The molecule has 0 saturated carbocycles. The van der Waals surface area contributed by atoms with Crippen LogP contribution in [0, 0.1) is 25.2 Å². The van der Waals surface area contributed by atoms with Crippen molar-refractivity contribution in [3.8, 4) is 23.3 Å². The van der Waals surface area contributed by atoms with Gasteiger partial charge in [0.15, 0.2) is 18.1 Å². The summed E-state index contributed by atoms with van der Waals surface area (Å²) < 4.78 is 16.5. The van der Waals surface area contributed by atoms with E-state index in [1.54, 1.807) is 49.6 Å². The van der Waals surface area contributed by atoms with Crippen molar-refractivity contribution in [1.82, 2.24) is 0 Å². The number of benzene rings is 3. The summed E-state index contributed by atoms with van der Waals surface area (Å²) in [4.78, 5) is 25.0. The average Bonchev–Trinajstić information content (AvgIpc) is 2.89. The molecule has 190 valence electrons. The van der Waals surface area contributed by atoms with Crippen LogP contribution < -0.4 is 24.8 Å². The van der Waals surface area contributed by atoms with Gasteiger partial charge < -0.3 is 24.8 Å². The Labute approximate surface area is 216 Å². The van der Waals surface area contributed by atoms with Gasteiger partial charge in [0.25, 0.3) is 11.8 Å². The zero-order valence-corrected chi connectivity index (χ0v) is 21.3. The summed E-state index contributed by atoms with van der Waals surface area (Å²) in [5.41, 5.74) is 3.81. The second-order valence-electron chi connectivity index (χ2n) is 8.15. The minimum atomic E-state index is -0.547. The standard InChI is InChI=1S/C29H29N3O5/c1-5-36-27-16-21(15-22(17-30)29(34)31-23-8-10-24(35-4)11-9-23)7-13-26(27)37-18-28(33)32-25-12-6-19(2)14-20(25)3/h6-16H,5,18H2,1-4H3,(H,31,34)(H,32,33)/b22-15-. The van der Waals surface area contributed by atoms with Crippen molar-refractivity contribution < 1.29 is 23.8 Å². The van der Waals surface area contributed by atoms with E-state index in [1.807, 2.05) is 45.0 Å². The van der Waals surface area contributed by atoms with Crippen LogP contribution in [0.15, 0.2) is 66.2 Å². The molecule has 0 aromatic heterocycles. The molecule has 3 rings (SSSR count). The summed E-state index contributed by atoms with van der Waals surface area (Å²) in [5.74, 6) is 0.566. The zero-order valence-electron chi connectivity index (χ0n) is 21.3. The van der Waals surface area contributed by atoms with Gasteiger partial charge in [-0.1, -0.05) is 23.8 Å². The van der Waals surface area contributed by atoms with Crippen molar-refractivity contribution in [2.45, 2.75) is 20.8 Å². The molecular weight excluding hydrogens is 470 g/mol. The lowest BCUT2D eigenvalue weighted by Gasteiger charge is -2.14. The third-order valence-electron chi connectivity index (χ3n) is 5.31. The topological polar surface area (TPSA) is 110 Å². The third kappa shape index (κ3) is 7.61. The molecule has 2 amide bonds. The highest BCUT2D eigenvalue weighted by atomic mass is 16.5. The molecular formula is C29H29N3O5. The summed E-state index contributed by atoms with van der Waals surface area (Å²) in [6, 6.07) is 19.4. The highest BCUT2D eigenvalue weighted by Crippen LogP contribution is 2.30. The predicted molar refractivity (Wildman–Crippen MR) is 143 cm³/mol. The Morgan fingerprint density at radius 2 is 1.70 bits per heavy atom. The van der Waals surface area contributed by atoms with Gasteiger partial charge >= 0.3 is 0 Å². The third-order valence-corrected chi connectivity index (χ3v) is 5.31. The van der Waals surface area contributed by atoms with Crippen LogP contribution in [0.2, 0.25) is 0 Å². The lowest BCUT2D eigenvalue weighted by molar-refractivity contribution is -0.118. The molecule has 37 heavy (non-hydrogen) atoms. The maximum Gasteiger partial charge on any atom is 0.266 e. The van der Waals surface area contributed by atoms with Crippen LogP contribution in [0.3, 0.4) is 0 Å². The Morgan fingerprint density at radius 3 is 2.35 bits per heavy atom. The SMILES string of the molecule is CCOc1cc(/C=C(/C#N)C(=O)Nc2ccc(OC)cc2)ccc1OCC(=O)Nc1ccc(C)cc1C. The highest BCUT2D eigenvalue weighted by Gasteiger charge is 2.13. The Kier molecular flexibility index (Phi) is 9.28. The van der Waals surface area contributed by atoms with Crippen LogP contribution in [-0.2, 0) is 9.59 Å². The normalized spacial score (nSPS) is 10.7. The molecule has 0 heterocycles. The second-order valence-corrected chi connectivity index (χ2v) is 8.15. The van der Waals surface area contributed by atoms with Gasteiger partial charge in [-0.25, -0.2) is 0 Å². The minimum absolute atomic E-state index is 0.0835. The fraction of sp³-hybridized carbons (Fsp3) is 0.207. The molecule has 0 saturated heterocycles. The van der Waals surface area contributed by atoms with E-state index in [2.05, 4.69) is 10.6 Å². The maximum absolute atomic E-state index is 12.6. The molecule has 0 bridgehead atoms. The number of carbonyl (C=O) groups is 2. The molecule has 8 heteroatoms. The van der Waals surface area contributed by atoms with Crippen LogP contribution in [0.25, 0.3) is 6.08 Å². The molecule has 3 aromatic rings. The molecule has 3 aromatic carbocycles. The predicted octanol–water partition coefficient (Wildman–Crippen LogP) is 5.27. The van der Waals surface area contributed by atoms with Gasteiger partial charge in [0.1, 0.15) is 17.4 Å². The van der Waals surface area contributed by atoms with Crippen molar-refractivity contribution in [2.24, 2.45) is 0 Å². The summed E-state index contributed by atoms with van der Waals surface area (Å²) in [7, 11) is 1.55. The number of nitrogens with zero attached hydrogens (tertiary/aromatic N) is 1. The molecule has 0 aliphatic rings. The van der Waals surface area contributed by atoms with Gasteiger partial charge in [0.05, 0.1) is 13.7 Å². The number of aryl methyl sites for hydroxylation is 2. The number of amides is 2. The van der Waals surface area contributed by atoms with Crippen molar-refractivity contribution in [3.63, 3.8) is 0 Å². The van der Waals surface area contributed by atoms with E-state index in [4.69, 9.17) is 14.2 Å². The van der Waals surface area contributed by atoms with E-state index in [-0.39, 0.29) is 18.1 Å². The number of hydrogen-bond donors (Lipinski definition) is 2. The van der Waals surface area contributed by atoms with Crippen LogP contribution in [-0.4, -0.2) is 32.1 Å². The fourth-order valence-corrected chi connectivity index (χ4v) is 3.47. The quantitative estimate of drug-likeness (QED) is 0.290. The van der Waals surface area contributed by atoms with Crippen LogP contribution in [0.5, 0.6) is 17.2 Å². The zero-order chi connectivity index (χ0) is 26.8. The van der Waals surface area contributed by atoms with Gasteiger partial charge in [-0.2, -0.15) is 5.26 Å². The van der Waals surface area contributed by atoms with Gasteiger partial charge in [0.2, 0.25) is 0 Å². The molecule has 0 aliphatic heterocycles. The van der Waals surface area contributed by atoms with E-state index in [0.29, 0.717) is 35.1 Å². The lowest BCUT2D eigenvalue weighted by Crippen LogP contribution is -2.21. The smallest absolute Gasteiger partial charge is 0.266 e. The van der Waals surface area contributed by atoms with Crippen LogP contribution in [0.1, 0.15) is 23.6 Å². The average molecular weight is 500 g/mol. The second kappa shape index (κ2) is 12.8. The Bertz CT molecular complexity index is 1340. The van der Waals surface area contributed by atoms with E-state index < -0.39 is 5.91 Å². The summed E-state index contributed by atoms with van der Waals surface area (Å²) in [6.45, 7) is 5.89. The first kappa shape index (κ1) is 26.8. The van der Waals surface area contributed by atoms with Gasteiger partial charge in [-0.3, -0.25) is 9.59 Å². The van der Waals surface area contributed by atoms with E-state index in [0.717, 1.165) is 16.8 Å². The highest BCUT2D eigenvalue weighted by molar-refractivity contribution is 6.09. The van der Waals surface area contributed by atoms with E-state index in [9.17, 15) is 14.9 Å². The number of ether oxygens (including phenoxy) is 3. The first-order valence-electron chi connectivity index (χ1n) is 11.7. The van der Waals surface area contributed by atoms with Crippen LogP contribution >= 0.6 is 0 Å². The molecule has 8 nitrogen and oxygen atoms in total. The Balaban J connectivity index is 1.70. The number of rotatable bonds is 10. The Hall–Kier alpha value is -4.77.